The lowest BCUT2D eigenvalue weighted by atomic mass is 10.3. The number of hydrogen-bond donors (Lipinski definition) is 1. The second-order valence-electron chi connectivity index (χ2n) is 3.61. The fourth-order valence-corrected chi connectivity index (χ4v) is 1.80. The Morgan fingerprint density at radius 1 is 1.28 bits per heavy atom. The summed E-state index contributed by atoms with van der Waals surface area (Å²) in [5.74, 6) is -0.767. The van der Waals surface area contributed by atoms with E-state index < -0.39 is 17.1 Å². The molecule has 0 unspecified atom stereocenters. The third-order valence-electron chi connectivity index (χ3n) is 2.42. The highest BCUT2D eigenvalue weighted by Gasteiger charge is 2.14. The quantitative estimate of drug-likeness (QED) is 0.819. The first-order chi connectivity index (χ1) is 8.41. The minimum atomic E-state index is -0.808. The van der Waals surface area contributed by atoms with Crippen LogP contribution in [0.4, 0.5) is 4.39 Å². The number of halogens is 3. The number of nitrogens with zero attached hydrogens (tertiary/aromatic N) is 1. The summed E-state index contributed by atoms with van der Waals surface area (Å²) >= 11 is 11.3. The third-order valence-corrected chi connectivity index (χ3v) is 3.04. The minimum Gasteiger partial charge on any atom is -0.297 e. The Morgan fingerprint density at radius 3 is 2.56 bits per heavy atom. The number of aromatic amines is 1. The molecule has 4 nitrogen and oxygen atoms in total. The van der Waals surface area contributed by atoms with Crippen LogP contribution in [-0.2, 0) is 0 Å². The lowest BCUT2D eigenvalue weighted by Gasteiger charge is -2.07. The second-order valence-corrected chi connectivity index (χ2v) is 4.42. The molecular formula is C11H7Cl2FN2O2. The van der Waals surface area contributed by atoms with Crippen molar-refractivity contribution in [1.29, 1.82) is 0 Å². The molecule has 0 aliphatic heterocycles. The van der Waals surface area contributed by atoms with Gasteiger partial charge in [0.2, 0.25) is 0 Å². The van der Waals surface area contributed by atoms with E-state index in [9.17, 15) is 14.0 Å². The van der Waals surface area contributed by atoms with E-state index in [0.717, 1.165) is 6.07 Å². The number of rotatable bonds is 1. The van der Waals surface area contributed by atoms with E-state index in [1.165, 1.54) is 19.1 Å². The Kier molecular flexibility index (Phi) is 3.28. The normalized spacial score (nSPS) is 10.7. The van der Waals surface area contributed by atoms with Gasteiger partial charge >= 0.3 is 5.69 Å². The first-order valence-corrected chi connectivity index (χ1v) is 5.64. The molecule has 0 spiro atoms. The highest BCUT2D eigenvalue weighted by atomic mass is 35.5. The molecule has 0 fully saturated rings. The zero-order valence-electron chi connectivity index (χ0n) is 9.13. The average molecular weight is 289 g/mol. The molecule has 94 valence electrons. The van der Waals surface area contributed by atoms with Gasteiger partial charge in [-0.3, -0.25) is 9.78 Å². The smallest absolute Gasteiger partial charge is 0.297 e. The zero-order valence-corrected chi connectivity index (χ0v) is 10.6. The van der Waals surface area contributed by atoms with E-state index in [1.807, 2.05) is 0 Å². The van der Waals surface area contributed by atoms with Crippen molar-refractivity contribution in [3.8, 4) is 5.69 Å². The molecule has 0 aliphatic carbocycles. The molecule has 0 radical (unpaired) electrons. The van der Waals surface area contributed by atoms with E-state index in [0.29, 0.717) is 4.57 Å². The molecule has 0 saturated carbocycles. The SMILES string of the molecule is Cc1c(Cl)[nH]c(=O)n(-c2ccc(Cl)cc2F)c1=O. The summed E-state index contributed by atoms with van der Waals surface area (Å²) in [5, 5.41) is 0.113. The Hall–Kier alpha value is -1.59. The number of H-pyrrole nitrogens is 1. The van der Waals surface area contributed by atoms with Gasteiger partial charge in [-0.2, -0.15) is 0 Å². The highest BCUT2D eigenvalue weighted by Crippen LogP contribution is 2.16. The number of hydrogen-bond acceptors (Lipinski definition) is 2. The lowest BCUT2D eigenvalue weighted by molar-refractivity contribution is 0.612. The van der Waals surface area contributed by atoms with Gasteiger partial charge in [0.05, 0.1) is 11.3 Å². The van der Waals surface area contributed by atoms with Crippen LogP contribution in [0.1, 0.15) is 5.56 Å². The largest absolute Gasteiger partial charge is 0.334 e. The third kappa shape index (κ3) is 2.07. The number of nitrogens with one attached hydrogen (secondary N) is 1. The Labute approximate surface area is 111 Å². The van der Waals surface area contributed by atoms with Crippen molar-refractivity contribution < 1.29 is 4.39 Å². The number of aromatic nitrogens is 2. The van der Waals surface area contributed by atoms with Crippen molar-refractivity contribution >= 4 is 23.2 Å². The van der Waals surface area contributed by atoms with Gasteiger partial charge in [-0.05, 0) is 25.1 Å². The van der Waals surface area contributed by atoms with Gasteiger partial charge in [-0.25, -0.2) is 13.8 Å². The maximum atomic E-state index is 13.7. The van der Waals surface area contributed by atoms with Crippen LogP contribution in [0.2, 0.25) is 10.2 Å². The first kappa shape index (κ1) is 12.9. The Bertz CT molecular complexity index is 737. The van der Waals surface area contributed by atoms with E-state index in [4.69, 9.17) is 23.2 Å². The summed E-state index contributed by atoms with van der Waals surface area (Å²) in [7, 11) is 0. The van der Waals surface area contributed by atoms with Gasteiger partial charge < -0.3 is 0 Å². The predicted octanol–water partition coefficient (Wildman–Crippen LogP) is 2.28. The van der Waals surface area contributed by atoms with Crippen molar-refractivity contribution in [2.45, 2.75) is 6.92 Å². The van der Waals surface area contributed by atoms with Crippen LogP contribution in [0.3, 0.4) is 0 Å². The van der Waals surface area contributed by atoms with Crippen LogP contribution in [-0.4, -0.2) is 9.55 Å². The molecule has 0 aliphatic rings. The molecule has 1 aromatic carbocycles. The molecule has 7 heteroatoms. The Balaban J connectivity index is 2.84. The molecule has 0 bridgehead atoms. The van der Waals surface area contributed by atoms with Gasteiger partial charge in [0.1, 0.15) is 11.0 Å². The van der Waals surface area contributed by atoms with Crippen molar-refractivity contribution in [2.24, 2.45) is 0 Å². The topological polar surface area (TPSA) is 54.9 Å². The van der Waals surface area contributed by atoms with E-state index in [1.54, 1.807) is 0 Å². The molecule has 1 N–H and O–H groups in total. The maximum absolute atomic E-state index is 13.7. The molecule has 0 atom stereocenters. The van der Waals surface area contributed by atoms with Crippen molar-refractivity contribution in [2.75, 3.05) is 0 Å². The molecule has 2 rings (SSSR count). The van der Waals surface area contributed by atoms with E-state index >= 15 is 0 Å². The average Bonchev–Trinajstić information content (AvgIpc) is 2.29. The van der Waals surface area contributed by atoms with Crippen LogP contribution in [0.25, 0.3) is 5.69 Å². The van der Waals surface area contributed by atoms with Crippen LogP contribution < -0.4 is 11.2 Å². The summed E-state index contributed by atoms with van der Waals surface area (Å²) in [6, 6.07) is 3.66. The van der Waals surface area contributed by atoms with Gasteiger partial charge in [-0.15, -0.1) is 0 Å². The van der Waals surface area contributed by atoms with Crippen molar-refractivity contribution in [3.63, 3.8) is 0 Å². The summed E-state index contributed by atoms with van der Waals surface area (Å²) in [6.45, 7) is 1.44. The maximum Gasteiger partial charge on any atom is 0.334 e. The molecule has 1 heterocycles. The zero-order chi connectivity index (χ0) is 13.4. The van der Waals surface area contributed by atoms with Crippen LogP contribution in [0, 0.1) is 12.7 Å². The van der Waals surface area contributed by atoms with E-state index in [2.05, 4.69) is 4.98 Å². The fourth-order valence-electron chi connectivity index (χ4n) is 1.48. The fraction of sp³-hybridized carbons (Fsp3) is 0.0909. The standard InChI is InChI=1S/C11H7Cl2FN2O2/c1-5-9(13)15-11(18)16(10(5)17)8-3-2-6(12)4-7(8)14/h2-4H,1H3,(H,15,18). The molecular weight excluding hydrogens is 282 g/mol. The first-order valence-electron chi connectivity index (χ1n) is 4.88. The van der Waals surface area contributed by atoms with Gasteiger partial charge in [0, 0.05) is 5.02 Å². The number of benzene rings is 1. The summed E-state index contributed by atoms with van der Waals surface area (Å²) < 4.78 is 14.4. The summed E-state index contributed by atoms with van der Waals surface area (Å²) in [6.07, 6.45) is 0. The molecule has 0 amide bonds. The van der Waals surface area contributed by atoms with Crippen LogP contribution >= 0.6 is 23.2 Å². The minimum absolute atomic E-state index is 0.0596. The lowest BCUT2D eigenvalue weighted by Crippen LogP contribution is -2.35. The highest BCUT2D eigenvalue weighted by molar-refractivity contribution is 6.30. The predicted molar refractivity (Wildman–Crippen MR) is 67.4 cm³/mol. The second kappa shape index (κ2) is 4.59. The van der Waals surface area contributed by atoms with Gasteiger partial charge in [0.25, 0.3) is 5.56 Å². The van der Waals surface area contributed by atoms with Crippen LogP contribution in [0.5, 0.6) is 0 Å². The van der Waals surface area contributed by atoms with Crippen LogP contribution in [0.15, 0.2) is 27.8 Å². The summed E-state index contributed by atoms with van der Waals surface area (Å²) in [5.41, 5.74) is -1.53. The molecule has 1 aromatic heterocycles. The monoisotopic (exact) mass is 288 g/mol. The van der Waals surface area contributed by atoms with E-state index in [-0.39, 0.29) is 21.4 Å². The summed E-state index contributed by atoms with van der Waals surface area (Å²) in [4.78, 5) is 25.8. The molecule has 2 aromatic rings. The Morgan fingerprint density at radius 2 is 1.94 bits per heavy atom. The van der Waals surface area contributed by atoms with Gasteiger partial charge in [-0.1, -0.05) is 23.2 Å². The molecule has 18 heavy (non-hydrogen) atoms. The van der Waals surface area contributed by atoms with Crippen molar-refractivity contribution in [1.82, 2.24) is 9.55 Å². The molecule has 0 saturated heterocycles. The van der Waals surface area contributed by atoms with Gasteiger partial charge in [0.15, 0.2) is 0 Å². The van der Waals surface area contributed by atoms with Crippen molar-refractivity contribution in [3.05, 3.63) is 60.6 Å².